The quantitative estimate of drug-likeness (QED) is 0.532. The van der Waals surface area contributed by atoms with Gasteiger partial charge in [-0.15, -0.1) is 0 Å². The van der Waals surface area contributed by atoms with E-state index in [1.807, 2.05) is 0 Å². The number of alkyl halides is 1. The third kappa shape index (κ3) is 6.04. The molecule has 0 aromatic carbocycles. The van der Waals surface area contributed by atoms with E-state index < -0.39 is 0 Å². The Morgan fingerprint density at radius 3 is 2.36 bits per heavy atom. The Morgan fingerprint density at radius 2 is 2.00 bits per heavy atom. The zero-order valence-corrected chi connectivity index (χ0v) is 8.18. The van der Waals surface area contributed by atoms with E-state index in [2.05, 4.69) is 20.7 Å². The van der Waals surface area contributed by atoms with Gasteiger partial charge in [-0.05, 0) is 6.92 Å². The zero-order valence-electron chi connectivity index (χ0n) is 6.59. The van der Waals surface area contributed by atoms with Crippen LogP contribution in [0.3, 0.4) is 0 Å². The first kappa shape index (κ1) is 10.6. The van der Waals surface area contributed by atoms with Crippen molar-refractivity contribution in [2.24, 2.45) is 0 Å². The summed E-state index contributed by atoms with van der Waals surface area (Å²) in [6, 6.07) is 0. The van der Waals surface area contributed by atoms with Crippen LogP contribution in [0.2, 0.25) is 0 Å². The van der Waals surface area contributed by atoms with E-state index in [0.29, 0.717) is 13.0 Å². The molecule has 1 atom stereocenters. The lowest BCUT2D eigenvalue weighted by Crippen LogP contribution is -2.13. The Bertz CT molecular complexity index is 156. The van der Waals surface area contributed by atoms with Gasteiger partial charge in [0, 0.05) is 13.3 Å². The van der Waals surface area contributed by atoms with Crippen molar-refractivity contribution in [1.29, 1.82) is 0 Å². The highest BCUT2D eigenvalue weighted by molar-refractivity contribution is 9.10. The molecule has 0 aliphatic heterocycles. The zero-order chi connectivity index (χ0) is 8.85. The summed E-state index contributed by atoms with van der Waals surface area (Å²) < 4.78 is 4.64. The van der Waals surface area contributed by atoms with E-state index in [1.165, 1.54) is 13.8 Å². The summed E-state index contributed by atoms with van der Waals surface area (Å²) in [7, 11) is 0. The molecule has 0 bridgehead atoms. The van der Waals surface area contributed by atoms with Crippen molar-refractivity contribution >= 4 is 27.7 Å². The first-order chi connectivity index (χ1) is 5.04. The van der Waals surface area contributed by atoms with Crippen molar-refractivity contribution in [3.05, 3.63) is 0 Å². The van der Waals surface area contributed by atoms with Gasteiger partial charge in [0.1, 0.15) is 5.78 Å². The Hall–Kier alpha value is -0.380. The fourth-order valence-corrected chi connectivity index (χ4v) is 0.696. The fraction of sp³-hybridized carbons (Fsp3) is 0.714. The molecule has 0 spiro atoms. The molecule has 0 fully saturated rings. The van der Waals surface area contributed by atoms with Crippen LogP contribution in [-0.4, -0.2) is 23.2 Å². The number of carbonyl (C=O) groups excluding carboxylic acids is 2. The standard InChI is InChI=1S/C7H11BrO3/c1-5(9)7(8)3-4-11-6(2)10/h7H,3-4H2,1-2H3. The maximum absolute atomic E-state index is 10.6. The summed E-state index contributed by atoms with van der Waals surface area (Å²) in [4.78, 5) is 20.7. The van der Waals surface area contributed by atoms with Crippen LogP contribution in [0.4, 0.5) is 0 Å². The third-order valence-corrected chi connectivity index (χ3v) is 2.22. The molecule has 3 nitrogen and oxygen atoms in total. The van der Waals surface area contributed by atoms with Crippen LogP contribution in [0.5, 0.6) is 0 Å². The summed E-state index contributed by atoms with van der Waals surface area (Å²) in [5.41, 5.74) is 0. The highest BCUT2D eigenvalue weighted by Crippen LogP contribution is 2.05. The molecule has 0 radical (unpaired) electrons. The van der Waals surface area contributed by atoms with Crippen LogP contribution in [-0.2, 0) is 14.3 Å². The average molecular weight is 223 g/mol. The van der Waals surface area contributed by atoms with Crippen LogP contribution in [0.25, 0.3) is 0 Å². The Labute approximate surface area is 74.2 Å². The Balaban J connectivity index is 3.39. The normalized spacial score (nSPS) is 12.3. The van der Waals surface area contributed by atoms with Crippen LogP contribution < -0.4 is 0 Å². The lowest BCUT2D eigenvalue weighted by molar-refractivity contribution is -0.141. The van der Waals surface area contributed by atoms with Gasteiger partial charge in [0.15, 0.2) is 0 Å². The molecule has 0 aromatic heterocycles. The minimum absolute atomic E-state index is 0.0529. The number of esters is 1. The molecule has 0 N–H and O–H groups in total. The number of rotatable bonds is 4. The summed E-state index contributed by atoms with van der Waals surface area (Å²) >= 11 is 3.15. The SMILES string of the molecule is CC(=O)OCCC(Br)C(C)=O. The highest BCUT2D eigenvalue weighted by Gasteiger charge is 2.09. The molecule has 4 heteroatoms. The molecule has 64 valence electrons. The number of ether oxygens (including phenoxy) is 1. The Kier molecular flexibility index (Phi) is 5.11. The topological polar surface area (TPSA) is 43.4 Å². The van der Waals surface area contributed by atoms with Gasteiger partial charge in [-0.3, -0.25) is 9.59 Å². The second-order valence-electron chi connectivity index (χ2n) is 2.21. The summed E-state index contributed by atoms with van der Waals surface area (Å²) in [5.74, 6) is -0.259. The molecule has 0 heterocycles. The third-order valence-electron chi connectivity index (χ3n) is 1.12. The molecule has 0 amide bonds. The van der Waals surface area contributed by atoms with Gasteiger partial charge in [-0.1, -0.05) is 15.9 Å². The summed E-state index contributed by atoms with van der Waals surface area (Å²) in [6.07, 6.45) is 0.537. The van der Waals surface area contributed by atoms with Crippen molar-refractivity contribution in [2.45, 2.75) is 25.1 Å². The van der Waals surface area contributed by atoms with E-state index >= 15 is 0 Å². The lowest BCUT2D eigenvalue weighted by Gasteiger charge is -2.04. The second kappa shape index (κ2) is 5.29. The second-order valence-corrected chi connectivity index (χ2v) is 3.31. The summed E-state index contributed by atoms with van der Waals surface area (Å²) in [6.45, 7) is 3.13. The smallest absolute Gasteiger partial charge is 0.302 e. The van der Waals surface area contributed by atoms with Gasteiger partial charge in [0.25, 0.3) is 0 Å². The molecule has 0 aliphatic carbocycles. The molecule has 0 aromatic rings. The van der Waals surface area contributed by atoms with Crippen LogP contribution in [0, 0.1) is 0 Å². The molecule has 0 aliphatic rings. The van der Waals surface area contributed by atoms with Gasteiger partial charge < -0.3 is 4.74 Å². The van der Waals surface area contributed by atoms with Crippen LogP contribution in [0.1, 0.15) is 20.3 Å². The van der Waals surface area contributed by atoms with Gasteiger partial charge in [0.2, 0.25) is 0 Å². The van der Waals surface area contributed by atoms with Crippen molar-refractivity contribution in [3.8, 4) is 0 Å². The monoisotopic (exact) mass is 222 g/mol. The number of hydrogen-bond donors (Lipinski definition) is 0. The minimum atomic E-state index is -0.312. The first-order valence-electron chi connectivity index (χ1n) is 3.32. The predicted octanol–water partition coefficient (Wildman–Crippen LogP) is 1.29. The molecular weight excluding hydrogens is 212 g/mol. The predicted molar refractivity (Wildman–Crippen MR) is 44.6 cm³/mol. The van der Waals surface area contributed by atoms with Gasteiger partial charge in [-0.2, -0.15) is 0 Å². The first-order valence-corrected chi connectivity index (χ1v) is 4.23. The molecule has 1 unspecified atom stereocenters. The van der Waals surface area contributed by atoms with Gasteiger partial charge >= 0.3 is 5.97 Å². The van der Waals surface area contributed by atoms with Crippen molar-refractivity contribution in [2.75, 3.05) is 6.61 Å². The average Bonchev–Trinajstić information content (AvgIpc) is 1.86. The van der Waals surface area contributed by atoms with Gasteiger partial charge in [-0.25, -0.2) is 0 Å². The Morgan fingerprint density at radius 1 is 1.45 bits per heavy atom. The number of halogens is 1. The molecular formula is C7H11BrO3. The maximum Gasteiger partial charge on any atom is 0.302 e. The molecule has 0 saturated heterocycles. The highest BCUT2D eigenvalue weighted by atomic mass is 79.9. The number of ketones is 1. The van der Waals surface area contributed by atoms with E-state index in [1.54, 1.807) is 0 Å². The number of carbonyl (C=O) groups is 2. The van der Waals surface area contributed by atoms with Crippen molar-refractivity contribution in [3.63, 3.8) is 0 Å². The number of hydrogen-bond acceptors (Lipinski definition) is 3. The van der Waals surface area contributed by atoms with E-state index in [4.69, 9.17) is 0 Å². The molecule has 0 rings (SSSR count). The van der Waals surface area contributed by atoms with Crippen LogP contribution in [0.15, 0.2) is 0 Å². The number of Topliss-reactive ketones (excluding diaryl/α,β-unsaturated/α-hetero) is 1. The van der Waals surface area contributed by atoms with E-state index in [9.17, 15) is 9.59 Å². The summed E-state index contributed by atoms with van der Waals surface area (Å²) in [5, 5.41) is 0. The minimum Gasteiger partial charge on any atom is -0.466 e. The largest absolute Gasteiger partial charge is 0.466 e. The molecule has 11 heavy (non-hydrogen) atoms. The van der Waals surface area contributed by atoms with Gasteiger partial charge in [0.05, 0.1) is 11.4 Å². The van der Waals surface area contributed by atoms with Crippen molar-refractivity contribution in [1.82, 2.24) is 0 Å². The van der Waals surface area contributed by atoms with Crippen molar-refractivity contribution < 1.29 is 14.3 Å². The molecule has 0 saturated carbocycles. The van der Waals surface area contributed by atoms with E-state index in [-0.39, 0.29) is 16.6 Å². The maximum atomic E-state index is 10.6. The lowest BCUT2D eigenvalue weighted by atomic mass is 10.2. The fourth-order valence-electron chi connectivity index (χ4n) is 0.509. The van der Waals surface area contributed by atoms with Crippen LogP contribution >= 0.6 is 15.9 Å². The van der Waals surface area contributed by atoms with E-state index in [0.717, 1.165) is 0 Å².